The van der Waals surface area contributed by atoms with E-state index in [2.05, 4.69) is 32.3 Å². The van der Waals surface area contributed by atoms with E-state index in [0.29, 0.717) is 0 Å². The minimum Gasteiger partial charge on any atom is -0.376 e. The molecule has 4 heteroatoms. The molecule has 2 nitrogen and oxygen atoms in total. The van der Waals surface area contributed by atoms with Gasteiger partial charge in [-0.05, 0) is 59.6 Å². The Kier molecular flexibility index (Phi) is 3.97. The van der Waals surface area contributed by atoms with Crippen molar-refractivity contribution in [3.05, 3.63) is 58.1 Å². The SMILES string of the molecule is Cc1ccc(Br)c(NC(C)c2ccc(F)cn2)c1. The quantitative estimate of drug-likeness (QED) is 0.905. The van der Waals surface area contributed by atoms with Gasteiger partial charge in [0.25, 0.3) is 0 Å². The van der Waals surface area contributed by atoms with Crippen LogP contribution in [0.25, 0.3) is 0 Å². The second kappa shape index (κ2) is 5.48. The second-order valence-electron chi connectivity index (χ2n) is 4.25. The lowest BCUT2D eigenvalue weighted by atomic mass is 10.1. The van der Waals surface area contributed by atoms with Gasteiger partial charge in [0.15, 0.2) is 0 Å². The van der Waals surface area contributed by atoms with Crippen LogP contribution in [-0.4, -0.2) is 4.98 Å². The average Bonchev–Trinajstić information content (AvgIpc) is 2.34. The van der Waals surface area contributed by atoms with Gasteiger partial charge in [-0.25, -0.2) is 4.39 Å². The van der Waals surface area contributed by atoms with Crippen molar-refractivity contribution in [2.75, 3.05) is 5.32 Å². The summed E-state index contributed by atoms with van der Waals surface area (Å²) in [7, 11) is 0. The molecule has 0 aliphatic rings. The Morgan fingerprint density at radius 2 is 2.06 bits per heavy atom. The van der Waals surface area contributed by atoms with Gasteiger partial charge in [0.1, 0.15) is 5.82 Å². The van der Waals surface area contributed by atoms with Gasteiger partial charge in [-0.2, -0.15) is 0 Å². The van der Waals surface area contributed by atoms with Crippen molar-refractivity contribution in [2.24, 2.45) is 0 Å². The van der Waals surface area contributed by atoms with Gasteiger partial charge >= 0.3 is 0 Å². The molecule has 18 heavy (non-hydrogen) atoms. The third-order valence-corrected chi connectivity index (χ3v) is 3.38. The molecule has 1 N–H and O–H groups in total. The first-order valence-corrected chi connectivity index (χ1v) is 6.49. The van der Waals surface area contributed by atoms with Gasteiger partial charge in [-0.3, -0.25) is 4.98 Å². The Hall–Kier alpha value is -1.42. The second-order valence-corrected chi connectivity index (χ2v) is 5.10. The summed E-state index contributed by atoms with van der Waals surface area (Å²) in [6.07, 6.45) is 1.23. The van der Waals surface area contributed by atoms with E-state index >= 15 is 0 Å². The van der Waals surface area contributed by atoms with Crippen molar-refractivity contribution in [1.82, 2.24) is 4.98 Å². The molecule has 0 saturated heterocycles. The number of benzene rings is 1. The average molecular weight is 309 g/mol. The molecule has 2 rings (SSSR count). The van der Waals surface area contributed by atoms with Crippen LogP contribution in [0.15, 0.2) is 41.0 Å². The van der Waals surface area contributed by atoms with Crippen LogP contribution in [-0.2, 0) is 0 Å². The molecule has 1 unspecified atom stereocenters. The van der Waals surface area contributed by atoms with Crippen molar-refractivity contribution >= 4 is 21.6 Å². The van der Waals surface area contributed by atoms with Crippen LogP contribution >= 0.6 is 15.9 Å². The maximum Gasteiger partial charge on any atom is 0.141 e. The van der Waals surface area contributed by atoms with Gasteiger partial charge < -0.3 is 5.32 Å². The van der Waals surface area contributed by atoms with Gasteiger partial charge in [0.2, 0.25) is 0 Å². The molecular formula is C14H14BrFN2. The maximum atomic E-state index is 12.8. The molecule has 2 aromatic rings. The van der Waals surface area contributed by atoms with Gasteiger partial charge in [-0.15, -0.1) is 0 Å². The van der Waals surface area contributed by atoms with E-state index in [1.165, 1.54) is 17.8 Å². The van der Waals surface area contributed by atoms with Gasteiger partial charge in [-0.1, -0.05) is 6.07 Å². The number of hydrogen-bond acceptors (Lipinski definition) is 2. The first-order valence-electron chi connectivity index (χ1n) is 5.70. The molecule has 94 valence electrons. The number of aromatic nitrogens is 1. The molecular weight excluding hydrogens is 295 g/mol. The number of nitrogens with one attached hydrogen (secondary N) is 1. The van der Waals surface area contributed by atoms with Crippen LogP contribution in [0.2, 0.25) is 0 Å². The molecule has 0 fully saturated rings. The van der Waals surface area contributed by atoms with Crippen LogP contribution in [0, 0.1) is 12.7 Å². The summed E-state index contributed by atoms with van der Waals surface area (Å²) in [5.41, 5.74) is 3.00. The zero-order valence-electron chi connectivity index (χ0n) is 10.2. The predicted octanol–water partition coefficient (Wildman–Crippen LogP) is 4.46. The van der Waals surface area contributed by atoms with Crippen molar-refractivity contribution < 1.29 is 4.39 Å². The van der Waals surface area contributed by atoms with Crippen molar-refractivity contribution in [3.63, 3.8) is 0 Å². The molecule has 0 spiro atoms. The lowest BCUT2D eigenvalue weighted by molar-refractivity contribution is 0.617. The third-order valence-electron chi connectivity index (χ3n) is 2.69. The first-order chi connectivity index (χ1) is 8.56. The lowest BCUT2D eigenvalue weighted by Crippen LogP contribution is -2.09. The highest BCUT2D eigenvalue weighted by Crippen LogP contribution is 2.27. The molecule has 0 radical (unpaired) electrons. The zero-order chi connectivity index (χ0) is 13.1. The van der Waals surface area contributed by atoms with E-state index in [1.807, 2.05) is 26.0 Å². The number of rotatable bonds is 3. The zero-order valence-corrected chi connectivity index (χ0v) is 11.8. The fourth-order valence-corrected chi connectivity index (χ4v) is 2.06. The summed E-state index contributed by atoms with van der Waals surface area (Å²) < 4.78 is 13.8. The highest BCUT2D eigenvalue weighted by molar-refractivity contribution is 9.10. The van der Waals surface area contributed by atoms with E-state index in [-0.39, 0.29) is 11.9 Å². The van der Waals surface area contributed by atoms with Crippen LogP contribution in [0.1, 0.15) is 24.2 Å². The third kappa shape index (κ3) is 3.07. The van der Waals surface area contributed by atoms with Crippen LogP contribution in [0.4, 0.5) is 10.1 Å². The normalized spacial score (nSPS) is 12.2. The standard InChI is InChI=1S/C14H14BrFN2/c1-9-3-5-12(15)14(7-9)18-10(2)13-6-4-11(16)8-17-13/h3-8,10,18H,1-2H3. The van der Waals surface area contributed by atoms with Crippen molar-refractivity contribution in [2.45, 2.75) is 19.9 Å². The predicted molar refractivity (Wildman–Crippen MR) is 75.1 cm³/mol. The molecule has 1 heterocycles. The molecule has 1 aromatic carbocycles. The Morgan fingerprint density at radius 3 is 2.72 bits per heavy atom. The Bertz CT molecular complexity index is 540. The van der Waals surface area contributed by atoms with Gasteiger partial charge in [0.05, 0.1) is 17.9 Å². The molecule has 0 saturated carbocycles. The summed E-state index contributed by atoms with van der Waals surface area (Å²) in [5.74, 6) is -0.317. The minimum atomic E-state index is -0.317. The fraction of sp³-hybridized carbons (Fsp3) is 0.214. The summed E-state index contributed by atoms with van der Waals surface area (Å²) in [5, 5.41) is 3.35. The molecule has 0 bridgehead atoms. The van der Waals surface area contributed by atoms with E-state index in [9.17, 15) is 4.39 Å². The summed E-state index contributed by atoms with van der Waals surface area (Å²) in [6.45, 7) is 4.04. The maximum absolute atomic E-state index is 12.8. The first kappa shape index (κ1) is 13.0. The summed E-state index contributed by atoms with van der Waals surface area (Å²) >= 11 is 3.50. The molecule has 0 amide bonds. The number of pyridine rings is 1. The topological polar surface area (TPSA) is 24.9 Å². The van der Waals surface area contributed by atoms with E-state index in [0.717, 1.165) is 15.9 Å². The van der Waals surface area contributed by atoms with Crippen molar-refractivity contribution in [3.8, 4) is 0 Å². The Labute approximate surface area is 114 Å². The summed E-state index contributed by atoms with van der Waals surface area (Å²) in [4.78, 5) is 4.07. The van der Waals surface area contributed by atoms with E-state index in [1.54, 1.807) is 6.07 Å². The van der Waals surface area contributed by atoms with Crippen LogP contribution in [0.3, 0.4) is 0 Å². The number of aryl methyl sites for hydroxylation is 1. The smallest absolute Gasteiger partial charge is 0.141 e. The fourth-order valence-electron chi connectivity index (χ4n) is 1.70. The monoisotopic (exact) mass is 308 g/mol. The number of anilines is 1. The van der Waals surface area contributed by atoms with E-state index < -0.39 is 0 Å². The number of nitrogens with zero attached hydrogens (tertiary/aromatic N) is 1. The Morgan fingerprint density at radius 1 is 1.28 bits per heavy atom. The summed E-state index contributed by atoms with van der Waals surface area (Å²) in [6, 6.07) is 9.23. The largest absolute Gasteiger partial charge is 0.376 e. The number of halogens is 2. The Balaban J connectivity index is 2.18. The minimum absolute atomic E-state index is 0.0173. The van der Waals surface area contributed by atoms with Crippen LogP contribution < -0.4 is 5.32 Å². The molecule has 0 aliphatic heterocycles. The lowest BCUT2D eigenvalue weighted by Gasteiger charge is -2.16. The molecule has 1 atom stereocenters. The highest BCUT2D eigenvalue weighted by atomic mass is 79.9. The molecule has 1 aromatic heterocycles. The van der Waals surface area contributed by atoms with E-state index in [4.69, 9.17) is 0 Å². The highest BCUT2D eigenvalue weighted by Gasteiger charge is 2.09. The number of hydrogen-bond donors (Lipinski definition) is 1. The molecule has 0 aliphatic carbocycles. The van der Waals surface area contributed by atoms with Gasteiger partial charge in [0, 0.05) is 10.2 Å². The van der Waals surface area contributed by atoms with Crippen LogP contribution in [0.5, 0.6) is 0 Å². The van der Waals surface area contributed by atoms with Crippen molar-refractivity contribution in [1.29, 1.82) is 0 Å².